The Morgan fingerprint density at radius 2 is 2.17 bits per heavy atom. The van der Waals surface area contributed by atoms with Gasteiger partial charge in [-0.15, -0.1) is 6.58 Å². The molecule has 2 aliphatic heterocycles. The molecule has 1 atom stereocenters. The van der Waals surface area contributed by atoms with E-state index in [2.05, 4.69) is 23.8 Å². The topological polar surface area (TPSA) is 35.6 Å². The fraction of sp³-hybridized carbons (Fsp3) is 0.786. The Morgan fingerprint density at radius 3 is 2.78 bits per heavy atom. The molecule has 0 aromatic rings. The second-order valence-corrected chi connectivity index (χ2v) is 5.52. The van der Waals surface area contributed by atoms with Crippen LogP contribution in [-0.2, 0) is 4.79 Å². The van der Waals surface area contributed by atoms with E-state index >= 15 is 0 Å². The number of carbonyl (C=O) groups excluding carboxylic acids is 1. The third-order valence-corrected chi connectivity index (χ3v) is 4.23. The van der Waals surface area contributed by atoms with E-state index in [1.165, 1.54) is 0 Å². The van der Waals surface area contributed by atoms with Crippen molar-refractivity contribution < 1.29 is 4.79 Å². The summed E-state index contributed by atoms with van der Waals surface area (Å²) in [5, 5.41) is 3.36. The zero-order chi connectivity index (χ0) is 13.0. The molecular formula is C14H25N3O. The van der Waals surface area contributed by atoms with Crippen molar-refractivity contribution in [2.45, 2.75) is 25.3 Å². The summed E-state index contributed by atoms with van der Waals surface area (Å²) < 4.78 is 0. The summed E-state index contributed by atoms with van der Waals surface area (Å²) in [6.07, 6.45) is 5.36. The van der Waals surface area contributed by atoms with Gasteiger partial charge in [-0.1, -0.05) is 6.08 Å². The first-order valence-electron chi connectivity index (χ1n) is 7.02. The minimum atomic E-state index is 0.278. The van der Waals surface area contributed by atoms with Crippen LogP contribution in [0.15, 0.2) is 12.7 Å². The smallest absolute Gasteiger partial charge is 0.236 e. The van der Waals surface area contributed by atoms with Crippen molar-refractivity contribution in [2.24, 2.45) is 5.92 Å². The van der Waals surface area contributed by atoms with E-state index in [1.807, 2.05) is 11.0 Å². The largest absolute Gasteiger partial charge is 0.341 e. The maximum Gasteiger partial charge on any atom is 0.236 e. The van der Waals surface area contributed by atoms with Gasteiger partial charge in [-0.25, -0.2) is 0 Å². The lowest BCUT2D eigenvalue weighted by Crippen LogP contribution is -2.46. The van der Waals surface area contributed by atoms with Crippen LogP contribution >= 0.6 is 0 Å². The number of amides is 1. The van der Waals surface area contributed by atoms with Crippen LogP contribution in [-0.4, -0.2) is 61.5 Å². The van der Waals surface area contributed by atoms with Crippen LogP contribution in [0, 0.1) is 5.92 Å². The third-order valence-electron chi connectivity index (χ3n) is 4.23. The van der Waals surface area contributed by atoms with E-state index < -0.39 is 0 Å². The quantitative estimate of drug-likeness (QED) is 0.747. The number of nitrogens with zero attached hydrogens (tertiary/aromatic N) is 2. The Bertz CT molecular complexity index is 299. The van der Waals surface area contributed by atoms with E-state index in [0.717, 1.165) is 45.4 Å². The molecule has 1 amide bonds. The molecule has 102 valence electrons. The van der Waals surface area contributed by atoms with Crippen LogP contribution in [0.3, 0.4) is 0 Å². The molecule has 4 nitrogen and oxygen atoms in total. The number of likely N-dealkylation sites (tertiary alicyclic amines) is 1. The van der Waals surface area contributed by atoms with Gasteiger partial charge in [0.2, 0.25) is 5.91 Å². The van der Waals surface area contributed by atoms with Crippen LogP contribution in [0.2, 0.25) is 0 Å². The molecule has 0 unspecified atom stereocenters. The SMILES string of the molecule is C=C[C@@H]1CCN(C(=O)CN(C)C2CCNCC2)C1. The van der Waals surface area contributed by atoms with E-state index in [0.29, 0.717) is 18.5 Å². The fourth-order valence-electron chi connectivity index (χ4n) is 2.90. The average Bonchev–Trinajstić information content (AvgIpc) is 2.88. The normalized spacial score (nSPS) is 25.7. The van der Waals surface area contributed by atoms with Gasteiger partial charge in [-0.2, -0.15) is 0 Å². The van der Waals surface area contributed by atoms with Crippen molar-refractivity contribution in [3.63, 3.8) is 0 Å². The van der Waals surface area contributed by atoms with E-state index in [4.69, 9.17) is 0 Å². The van der Waals surface area contributed by atoms with Gasteiger partial charge in [0.15, 0.2) is 0 Å². The van der Waals surface area contributed by atoms with Crippen molar-refractivity contribution in [3.8, 4) is 0 Å². The van der Waals surface area contributed by atoms with Crippen LogP contribution in [0.5, 0.6) is 0 Å². The summed E-state index contributed by atoms with van der Waals surface area (Å²) in [7, 11) is 2.08. The molecule has 0 aromatic heterocycles. The molecule has 2 rings (SSSR count). The highest BCUT2D eigenvalue weighted by Crippen LogP contribution is 2.17. The van der Waals surface area contributed by atoms with Crippen molar-refractivity contribution in [1.29, 1.82) is 0 Å². The fourth-order valence-corrected chi connectivity index (χ4v) is 2.90. The molecule has 0 aliphatic carbocycles. The second kappa shape index (κ2) is 6.34. The zero-order valence-corrected chi connectivity index (χ0v) is 11.4. The predicted octanol–water partition coefficient (Wildman–Crippen LogP) is 0.705. The Morgan fingerprint density at radius 1 is 1.44 bits per heavy atom. The van der Waals surface area contributed by atoms with Gasteiger partial charge in [0.05, 0.1) is 6.54 Å². The Kier molecular flexibility index (Phi) is 4.78. The summed E-state index contributed by atoms with van der Waals surface area (Å²) in [6.45, 7) is 8.29. The molecule has 2 heterocycles. The van der Waals surface area contributed by atoms with Crippen LogP contribution in [0.1, 0.15) is 19.3 Å². The van der Waals surface area contributed by atoms with E-state index in [-0.39, 0.29) is 5.91 Å². The third kappa shape index (κ3) is 3.33. The van der Waals surface area contributed by atoms with Gasteiger partial charge >= 0.3 is 0 Å². The van der Waals surface area contributed by atoms with Gasteiger partial charge in [-0.05, 0) is 45.3 Å². The van der Waals surface area contributed by atoms with Crippen LogP contribution in [0.4, 0.5) is 0 Å². The summed E-state index contributed by atoms with van der Waals surface area (Å²) in [4.78, 5) is 16.4. The first-order valence-corrected chi connectivity index (χ1v) is 7.02. The summed E-state index contributed by atoms with van der Waals surface area (Å²) in [6, 6.07) is 0.563. The standard InChI is InChI=1S/C14H25N3O/c1-3-12-6-9-17(10-12)14(18)11-16(2)13-4-7-15-8-5-13/h3,12-13,15H,1,4-11H2,2H3/t12-/m1/s1. The number of piperidine rings is 1. The van der Waals surface area contributed by atoms with Crippen LogP contribution < -0.4 is 5.32 Å². The highest BCUT2D eigenvalue weighted by atomic mass is 16.2. The van der Waals surface area contributed by atoms with Gasteiger partial charge in [0, 0.05) is 19.1 Å². The van der Waals surface area contributed by atoms with Crippen LogP contribution in [0.25, 0.3) is 0 Å². The number of carbonyl (C=O) groups is 1. The number of likely N-dealkylation sites (N-methyl/N-ethyl adjacent to an activating group) is 1. The molecule has 0 bridgehead atoms. The molecule has 1 N–H and O–H groups in total. The second-order valence-electron chi connectivity index (χ2n) is 5.52. The lowest BCUT2D eigenvalue weighted by atomic mass is 10.1. The molecular weight excluding hydrogens is 226 g/mol. The molecule has 18 heavy (non-hydrogen) atoms. The monoisotopic (exact) mass is 251 g/mol. The minimum Gasteiger partial charge on any atom is -0.341 e. The van der Waals surface area contributed by atoms with Gasteiger partial charge in [0.1, 0.15) is 0 Å². The van der Waals surface area contributed by atoms with Crippen molar-refractivity contribution in [3.05, 3.63) is 12.7 Å². The van der Waals surface area contributed by atoms with Gasteiger partial charge in [0.25, 0.3) is 0 Å². The lowest BCUT2D eigenvalue weighted by molar-refractivity contribution is -0.131. The highest BCUT2D eigenvalue weighted by Gasteiger charge is 2.26. The van der Waals surface area contributed by atoms with Gasteiger partial charge in [-0.3, -0.25) is 9.69 Å². The van der Waals surface area contributed by atoms with Crippen molar-refractivity contribution in [1.82, 2.24) is 15.1 Å². The van der Waals surface area contributed by atoms with E-state index in [1.54, 1.807) is 0 Å². The Hall–Kier alpha value is -0.870. The number of hydrogen-bond donors (Lipinski definition) is 1. The molecule has 0 radical (unpaired) electrons. The number of rotatable bonds is 4. The summed E-state index contributed by atoms with van der Waals surface area (Å²) in [5.41, 5.74) is 0. The molecule has 0 aromatic carbocycles. The first-order chi connectivity index (χ1) is 8.70. The summed E-state index contributed by atoms with van der Waals surface area (Å²) in [5.74, 6) is 0.776. The zero-order valence-electron chi connectivity index (χ0n) is 11.4. The number of nitrogens with one attached hydrogen (secondary N) is 1. The molecule has 4 heteroatoms. The predicted molar refractivity (Wildman–Crippen MR) is 73.4 cm³/mol. The molecule has 2 fully saturated rings. The molecule has 0 saturated carbocycles. The van der Waals surface area contributed by atoms with Gasteiger partial charge < -0.3 is 10.2 Å². The molecule has 2 aliphatic rings. The maximum absolute atomic E-state index is 12.2. The molecule has 2 saturated heterocycles. The highest BCUT2D eigenvalue weighted by molar-refractivity contribution is 5.78. The van der Waals surface area contributed by atoms with Crippen molar-refractivity contribution >= 4 is 5.91 Å². The Balaban J connectivity index is 1.78. The number of hydrogen-bond acceptors (Lipinski definition) is 3. The minimum absolute atomic E-state index is 0.278. The maximum atomic E-state index is 12.2. The summed E-state index contributed by atoms with van der Waals surface area (Å²) >= 11 is 0. The molecule has 0 spiro atoms. The first kappa shape index (κ1) is 13.6. The Labute approximate surface area is 110 Å². The lowest BCUT2D eigenvalue weighted by Gasteiger charge is -2.32. The van der Waals surface area contributed by atoms with E-state index in [9.17, 15) is 4.79 Å². The van der Waals surface area contributed by atoms with Crippen molar-refractivity contribution in [2.75, 3.05) is 39.8 Å². The average molecular weight is 251 g/mol.